The maximum absolute atomic E-state index is 13.0. The van der Waals surface area contributed by atoms with Gasteiger partial charge in [0, 0.05) is 22.3 Å². The van der Waals surface area contributed by atoms with Crippen molar-refractivity contribution >= 4 is 34.7 Å². The Morgan fingerprint density at radius 2 is 1.93 bits per heavy atom. The monoisotopic (exact) mass is 423 g/mol. The zero-order chi connectivity index (χ0) is 21.3. The molecule has 1 N–H and O–H groups in total. The Labute approximate surface area is 177 Å². The second-order valence-electron chi connectivity index (χ2n) is 6.63. The number of benzene rings is 2. The van der Waals surface area contributed by atoms with Gasteiger partial charge in [0.2, 0.25) is 0 Å². The molecule has 30 heavy (non-hydrogen) atoms. The van der Waals surface area contributed by atoms with Crippen LogP contribution in [0.5, 0.6) is 5.75 Å². The minimum atomic E-state index is -0.934. The molecule has 0 bridgehead atoms. The first-order valence-corrected chi connectivity index (χ1v) is 9.72. The SMILES string of the molecule is CCOc1cccc(N2C(=O)C(=O)/C(=C(\O)c3cccc(Cl)c3)C2c2ccco2)c1. The number of amides is 1. The highest BCUT2D eigenvalue weighted by atomic mass is 35.5. The van der Waals surface area contributed by atoms with Crippen molar-refractivity contribution < 1.29 is 23.8 Å². The molecule has 2 aromatic carbocycles. The number of carbonyl (C=O) groups excluding carboxylic acids is 2. The summed E-state index contributed by atoms with van der Waals surface area (Å²) in [5.41, 5.74) is 0.716. The van der Waals surface area contributed by atoms with E-state index in [2.05, 4.69) is 0 Å². The van der Waals surface area contributed by atoms with E-state index in [4.69, 9.17) is 20.8 Å². The summed E-state index contributed by atoms with van der Waals surface area (Å²) in [7, 11) is 0. The highest BCUT2D eigenvalue weighted by Crippen LogP contribution is 2.43. The minimum absolute atomic E-state index is 0.0703. The molecule has 1 aromatic heterocycles. The van der Waals surface area contributed by atoms with E-state index in [1.165, 1.54) is 17.2 Å². The van der Waals surface area contributed by atoms with Crippen LogP contribution in [0.4, 0.5) is 5.69 Å². The number of furan rings is 1. The van der Waals surface area contributed by atoms with Gasteiger partial charge in [-0.3, -0.25) is 14.5 Å². The van der Waals surface area contributed by atoms with Crippen LogP contribution in [-0.4, -0.2) is 23.4 Å². The molecule has 4 rings (SSSR count). The van der Waals surface area contributed by atoms with Gasteiger partial charge < -0.3 is 14.3 Å². The topological polar surface area (TPSA) is 80.0 Å². The van der Waals surface area contributed by atoms with E-state index in [0.717, 1.165) is 0 Å². The number of hydrogen-bond acceptors (Lipinski definition) is 5. The van der Waals surface area contributed by atoms with Gasteiger partial charge >= 0.3 is 0 Å². The zero-order valence-corrected chi connectivity index (χ0v) is 16.8. The van der Waals surface area contributed by atoms with Gasteiger partial charge in [-0.2, -0.15) is 0 Å². The second kappa shape index (κ2) is 8.08. The van der Waals surface area contributed by atoms with Crippen molar-refractivity contribution in [3.63, 3.8) is 0 Å². The van der Waals surface area contributed by atoms with Crippen LogP contribution in [0.25, 0.3) is 5.76 Å². The van der Waals surface area contributed by atoms with Gasteiger partial charge in [0.05, 0.1) is 18.4 Å². The maximum atomic E-state index is 13.0. The van der Waals surface area contributed by atoms with Crippen molar-refractivity contribution in [1.82, 2.24) is 0 Å². The number of hydrogen-bond donors (Lipinski definition) is 1. The van der Waals surface area contributed by atoms with E-state index in [0.29, 0.717) is 34.4 Å². The lowest BCUT2D eigenvalue weighted by Crippen LogP contribution is -2.29. The summed E-state index contributed by atoms with van der Waals surface area (Å²) >= 11 is 6.04. The molecule has 1 fully saturated rings. The molecular weight excluding hydrogens is 406 g/mol. The van der Waals surface area contributed by atoms with Crippen LogP contribution in [-0.2, 0) is 9.59 Å². The van der Waals surface area contributed by atoms with Gasteiger partial charge in [-0.1, -0.05) is 29.8 Å². The largest absolute Gasteiger partial charge is 0.507 e. The first kappa shape index (κ1) is 19.8. The molecule has 2 heterocycles. The standard InChI is InChI=1S/C23H18ClNO5/c1-2-29-17-9-4-8-16(13-17)25-20(18-10-5-11-30-18)19(22(27)23(25)28)21(26)14-6-3-7-15(24)12-14/h3-13,20,26H,2H2,1H3/b21-19-. The third-order valence-corrected chi connectivity index (χ3v) is 5.00. The van der Waals surface area contributed by atoms with Crippen LogP contribution < -0.4 is 9.64 Å². The molecule has 7 heteroatoms. The number of nitrogens with zero attached hydrogens (tertiary/aromatic N) is 1. The summed E-state index contributed by atoms with van der Waals surface area (Å²) in [5.74, 6) is -0.991. The lowest BCUT2D eigenvalue weighted by Gasteiger charge is -2.23. The van der Waals surface area contributed by atoms with E-state index in [-0.39, 0.29) is 11.3 Å². The number of rotatable bonds is 5. The molecule has 0 spiro atoms. The fourth-order valence-electron chi connectivity index (χ4n) is 3.50. The smallest absolute Gasteiger partial charge is 0.300 e. The van der Waals surface area contributed by atoms with Crippen molar-refractivity contribution in [2.75, 3.05) is 11.5 Å². The van der Waals surface area contributed by atoms with Crippen LogP contribution in [0, 0.1) is 0 Å². The lowest BCUT2D eigenvalue weighted by molar-refractivity contribution is -0.132. The minimum Gasteiger partial charge on any atom is -0.507 e. The van der Waals surface area contributed by atoms with E-state index in [1.807, 2.05) is 6.92 Å². The van der Waals surface area contributed by atoms with Gasteiger partial charge in [0.15, 0.2) is 0 Å². The van der Waals surface area contributed by atoms with Crippen LogP contribution in [0.15, 0.2) is 76.9 Å². The number of anilines is 1. The molecule has 0 saturated carbocycles. The molecule has 0 radical (unpaired) electrons. The van der Waals surface area contributed by atoms with Crippen molar-refractivity contribution in [3.8, 4) is 5.75 Å². The van der Waals surface area contributed by atoms with Crippen LogP contribution in [0.3, 0.4) is 0 Å². The third-order valence-electron chi connectivity index (χ3n) is 4.76. The van der Waals surface area contributed by atoms with Crippen molar-refractivity contribution in [1.29, 1.82) is 0 Å². The summed E-state index contributed by atoms with van der Waals surface area (Å²) in [6.45, 7) is 2.31. The first-order chi connectivity index (χ1) is 14.5. The normalized spacial score (nSPS) is 18.1. The van der Waals surface area contributed by atoms with Crippen molar-refractivity contribution in [2.45, 2.75) is 13.0 Å². The van der Waals surface area contributed by atoms with Crippen molar-refractivity contribution in [3.05, 3.63) is 88.8 Å². The predicted octanol–water partition coefficient (Wildman–Crippen LogP) is 4.96. The Kier molecular flexibility index (Phi) is 5.33. The molecular formula is C23H18ClNO5. The average molecular weight is 424 g/mol. The molecule has 6 nitrogen and oxygen atoms in total. The Hall–Kier alpha value is -3.51. The Morgan fingerprint density at radius 1 is 1.13 bits per heavy atom. The fraction of sp³-hybridized carbons (Fsp3) is 0.130. The molecule has 1 saturated heterocycles. The summed E-state index contributed by atoms with van der Waals surface area (Å²) in [5, 5.41) is 11.4. The number of halogens is 1. The molecule has 0 aliphatic carbocycles. The van der Waals surface area contributed by atoms with Gasteiger partial charge in [-0.05, 0) is 43.3 Å². The van der Waals surface area contributed by atoms with E-state index in [9.17, 15) is 14.7 Å². The van der Waals surface area contributed by atoms with Crippen LogP contribution >= 0.6 is 11.6 Å². The second-order valence-corrected chi connectivity index (χ2v) is 7.06. The maximum Gasteiger partial charge on any atom is 0.300 e. The highest BCUT2D eigenvalue weighted by Gasteiger charge is 2.48. The Morgan fingerprint density at radius 3 is 2.63 bits per heavy atom. The van der Waals surface area contributed by atoms with Gasteiger partial charge in [0.1, 0.15) is 23.3 Å². The lowest BCUT2D eigenvalue weighted by atomic mass is 9.99. The Balaban J connectivity index is 1.90. The third kappa shape index (κ3) is 3.46. The molecule has 1 aliphatic rings. The van der Waals surface area contributed by atoms with Crippen LogP contribution in [0.2, 0.25) is 5.02 Å². The number of carbonyl (C=O) groups is 2. The summed E-state index contributed by atoms with van der Waals surface area (Å²) in [4.78, 5) is 27.3. The molecule has 1 atom stereocenters. The van der Waals surface area contributed by atoms with E-state index in [1.54, 1.807) is 54.6 Å². The summed E-state index contributed by atoms with van der Waals surface area (Å²) in [6.07, 6.45) is 1.45. The highest BCUT2D eigenvalue weighted by molar-refractivity contribution is 6.51. The fourth-order valence-corrected chi connectivity index (χ4v) is 3.69. The van der Waals surface area contributed by atoms with Gasteiger partial charge in [-0.15, -0.1) is 0 Å². The van der Waals surface area contributed by atoms with E-state index >= 15 is 0 Å². The number of aliphatic hydroxyl groups excluding tert-OH is 1. The van der Waals surface area contributed by atoms with E-state index < -0.39 is 17.7 Å². The predicted molar refractivity (Wildman–Crippen MR) is 113 cm³/mol. The number of aliphatic hydroxyl groups is 1. The first-order valence-electron chi connectivity index (χ1n) is 9.34. The molecule has 1 aliphatic heterocycles. The average Bonchev–Trinajstić information content (AvgIpc) is 3.35. The molecule has 3 aromatic rings. The quantitative estimate of drug-likeness (QED) is 0.356. The van der Waals surface area contributed by atoms with Crippen LogP contribution in [0.1, 0.15) is 24.3 Å². The zero-order valence-electron chi connectivity index (χ0n) is 16.0. The number of Topliss-reactive ketones (excluding diaryl/α,β-unsaturated/α-hetero) is 1. The van der Waals surface area contributed by atoms with Crippen molar-refractivity contribution in [2.24, 2.45) is 0 Å². The Bertz CT molecular complexity index is 1140. The van der Waals surface area contributed by atoms with Gasteiger partial charge in [0.25, 0.3) is 11.7 Å². The number of ketones is 1. The summed E-state index contributed by atoms with van der Waals surface area (Å²) in [6, 6.07) is 15.7. The summed E-state index contributed by atoms with van der Waals surface area (Å²) < 4.78 is 11.1. The number of ether oxygens (including phenoxy) is 1. The van der Waals surface area contributed by atoms with Gasteiger partial charge in [-0.25, -0.2) is 0 Å². The molecule has 152 valence electrons. The molecule has 1 unspecified atom stereocenters. The molecule has 1 amide bonds.